The van der Waals surface area contributed by atoms with Crippen molar-refractivity contribution in [3.63, 3.8) is 0 Å². The second-order valence-corrected chi connectivity index (χ2v) is 10.5. The van der Waals surface area contributed by atoms with E-state index in [4.69, 9.17) is 4.74 Å². The van der Waals surface area contributed by atoms with E-state index in [2.05, 4.69) is 34.9 Å². The molecule has 4 rings (SSSR count). The number of rotatable bonds is 7. The number of hydrogen-bond acceptors (Lipinski definition) is 6. The van der Waals surface area contributed by atoms with Crippen LogP contribution in [0.4, 0.5) is 0 Å². The first kappa shape index (κ1) is 21.1. The summed E-state index contributed by atoms with van der Waals surface area (Å²) < 4.78 is 31.7. The monoisotopic (exact) mass is 442 g/mol. The van der Waals surface area contributed by atoms with Gasteiger partial charge in [-0.05, 0) is 54.6 Å². The SMILES string of the molecule is COc1ccc(S(=O)(=O)c2cccs2)cc1CN[C@H]1CCCN[C@@H]1c1ccccc1. The second kappa shape index (κ2) is 9.31. The molecule has 1 fully saturated rings. The Balaban J connectivity index is 1.56. The fraction of sp³-hybridized carbons (Fsp3) is 0.304. The van der Waals surface area contributed by atoms with E-state index in [1.54, 1.807) is 42.8 Å². The Labute approximate surface area is 182 Å². The van der Waals surface area contributed by atoms with Crippen LogP contribution in [0.25, 0.3) is 0 Å². The van der Waals surface area contributed by atoms with Crippen molar-refractivity contribution in [1.82, 2.24) is 10.6 Å². The summed E-state index contributed by atoms with van der Waals surface area (Å²) >= 11 is 1.23. The number of nitrogens with one attached hydrogen (secondary N) is 2. The zero-order valence-electron chi connectivity index (χ0n) is 16.9. The number of sulfone groups is 1. The van der Waals surface area contributed by atoms with E-state index in [0.29, 0.717) is 21.4 Å². The van der Waals surface area contributed by atoms with Gasteiger partial charge in [-0.2, -0.15) is 0 Å². The zero-order chi connectivity index (χ0) is 21.0. The number of benzene rings is 2. The Morgan fingerprint density at radius 3 is 2.70 bits per heavy atom. The minimum Gasteiger partial charge on any atom is -0.496 e. The second-order valence-electron chi connectivity index (χ2n) is 7.38. The van der Waals surface area contributed by atoms with Gasteiger partial charge < -0.3 is 15.4 Å². The average molecular weight is 443 g/mol. The van der Waals surface area contributed by atoms with Crippen LogP contribution in [-0.4, -0.2) is 28.1 Å². The molecule has 0 aliphatic carbocycles. The molecule has 0 saturated carbocycles. The molecule has 0 unspecified atom stereocenters. The summed E-state index contributed by atoms with van der Waals surface area (Å²) in [5, 5.41) is 9.03. The Kier molecular flexibility index (Phi) is 6.53. The lowest BCUT2D eigenvalue weighted by Gasteiger charge is -2.34. The highest BCUT2D eigenvalue weighted by molar-refractivity contribution is 7.93. The summed E-state index contributed by atoms with van der Waals surface area (Å²) in [7, 11) is -1.90. The van der Waals surface area contributed by atoms with Crippen LogP contribution < -0.4 is 15.4 Å². The molecule has 7 heteroatoms. The molecule has 30 heavy (non-hydrogen) atoms. The van der Waals surface area contributed by atoms with Crippen molar-refractivity contribution in [3.05, 3.63) is 77.2 Å². The zero-order valence-corrected chi connectivity index (χ0v) is 18.5. The van der Waals surface area contributed by atoms with Gasteiger partial charge in [-0.25, -0.2) is 8.42 Å². The molecule has 2 heterocycles. The Bertz CT molecular complexity index is 1070. The lowest BCUT2D eigenvalue weighted by molar-refractivity contribution is 0.302. The topological polar surface area (TPSA) is 67.4 Å². The fourth-order valence-corrected chi connectivity index (χ4v) is 6.40. The molecule has 1 aromatic heterocycles. The van der Waals surface area contributed by atoms with E-state index < -0.39 is 9.84 Å². The van der Waals surface area contributed by atoms with Crippen LogP contribution in [-0.2, 0) is 16.4 Å². The van der Waals surface area contributed by atoms with Gasteiger partial charge >= 0.3 is 0 Å². The first-order chi connectivity index (χ1) is 14.6. The highest BCUT2D eigenvalue weighted by atomic mass is 32.2. The molecule has 0 radical (unpaired) electrons. The van der Waals surface area contributed by atoms with Crippen LogP contribution in [0.1, 0.15) is 30.0 Å². The van der Waals surface area contributed by atoms with E-state index >= 15 is 0 Å². The van der Waals surface area contributed by atoms with E-state index in [0.717, 1.165) is 24.9 Å². The molecule has 3 aromatic rings. The fourth-order valence-electron chi connectivity index (χ4n) is 3.95. The highest BCUT2D eigenvalue weighted by Gasteiger charge is 2.26. The van der Waals surface area contributed by atoms with Gasteiger partial charge in [-0.15, -0.1) is 11.3 Å². The molecule has 0 amide bonds. The van der Waals surface area contributed by atoms with Crippen LogP contribution in [0.15, 0.2) is 75.1 Å². The van der Waals surface area contributed by atoms with Crippen LogP contribution in [0, 0.1) is 0 Å². The van der Waals surface area contributed by atoms with Gasteiger partial charge in [0.2, 0.25) is 9.84 Å². The van der Waals surface area contributed by atoms with Crippen LogP contribution >= 0.6 is 11.3 Å². The standard InChI is InChI=1S/C23H26N2O3S2/c1-28-21-12-11-19(30(26,27)22-10-6-14-29-22)15-18(21)16-25-20-9-5-13-24-23(20)17-7-3-2-4-8-17/h2-4,6-8,10-12,14-15,20,23-25H,5,9,13,16H2,1H3/t20-,23+/m0/s1. The van der Waals surface area contributed by atoms with E-state index in [1.165, 1.54) is 16.9 Å². The third kappa shape index (κ3) is 4.44. The molecule has 2 atom stereocenters. The molecule has 2 N–H and O–H groups in total. The number of thiophene rings is 1. The predicted octanol–water partition coefficient (Wildman–Crippen LogP) is 4.17. The van der Waals surface area contributed by atoms with Gasteiger partial charge in [0.15, 0.2) is 0 Å². The first-order valence-electron chi connectivity index (χ1n) is 10.1. The Morgan fingerprint density at radius 1 is 1.13 bits per heavy atom. The van der Waals surface area contributed by atoms with Crippen molar-refractivity contribution >= 4 is 21.2 Å². The van der Waals surface area contributed by atoms with Crippen molar-refractivity contribution in [2.75, 3.05) is 13.7 Å². The van der Waals surface area contributed by atoms with Gasteiger partial charge in [0.1, 0.15) is 9.96 Å². The lowest BCUT2D eigenvalue weighted by Crippen LogP contribution is -2.45. The van der Waals surface area contributed by atoms with Crippen molar-refractivity contribution in [2.45, 2.75) is 40.6 Å². The van der Waals surface area contributed by atoms with Crippen molar-refractivity contribution in [3.8, 4) is 5.75 Å². The number of hydrogen-bond donors (Lipinski definition) is 2. The van der Waals surface area contributed by atoms with Crippen molar-refractivity contribution in [1.29, 1.82) is 0 Å². The molecule has 1 aliphatic heterocycles. The third-order valence-corrected chi connectivity index (χ3v) is 8.64. The van der Waals surface area contributed by atoms with Gasteiger partial charge in [0.05, 0.1) is 12.0 Å². The first-order valence-corrected chi connectivity index (χ1v) is 12.4. The molecule has 0 bridgehead atoms. The summed E-state index contributed by atoms with van der Waals surface area (Å²) in [6.45, 7) is 1.53. The Hall–Kier alpha value is -2.19. The molecule has 5 nitrogen and oxygen atoms in total. The van der Waals surface area contributed by atoms with Gasteiger partial charge in [-0.1, -0.05) is 36.4 Å². The van der Waals surface area contributed by atoms with Gasteiger partial charge in [0.25, 0.3) is 0 Å². The van der Waals surface area contributed by atoms with Crippen LogP contribution in [0.2, 0.25) is 0 Å². The molecule has 0 spiro atoms. The predicted molar refractivity (Wildman–Crippen MR) is 120 cm³/mol. The number of ether oxygens (including phenoxy) is 1. The lowest BCUT2D eigenvalue weighted by atomic mass is 9.92. The van der Waals surface area contributed by atoms with Crippen molar-refractivity contribution in [2.24, 2.45) is 0 Å². The summed E-state index contributed by atoms with van der Waals surface area (Å²) in [4.78, 5) is 0.295. The highest BCUT2D eigenvalue weighted by Crippen LogP contribution is 2.30. The average Bonchev–Trinajstić information content (AvgIpc) is 3.34. The molecule has 1 saturated heterocycles. The van der Waals surface area contributed by atoms with Crippen molar-refractivity contribution < 1.29 is 13.2 Å². The number of piperidine rings is 1. The Morgan fingerprint density at radius 2 is 1.97 bits per heavy atom. The maximum absolute atomic E-state index is 12.9. The summed E-state index contributed by atoms with van der Waals surface area (Å²) in [5.41, 5.74) is 2.10. The van der Waals surface area contributed by atoms with E-state index in [1.807, 2.05) is 6.07 Å². The smallest absolute Gasteiger partial charge is 0.215 e. The normalized spacial score (nSPS) is 19.5. The van der Waals surface area contributed by atoms with Gasteiger partial charge in [0, 0.05) is 24.2 Å². The summed E-state index contributed by atoms with van der Waals surface area (Å²) in [6, 6.07) is 19.4. The molecular weight excluding hydrogens is 416 g/mol. The molecule has 2 aromatic carbocycles. The summed E-state index contributed by atoms with van der Waals surface area (Å²) in [5.74, 6) is 0.688. The summed E-state index contributed by atoms with van der Waals surface area (Å²) in [6.07, 6.45) is 2.16. The molecule has 158 valence electrons. The van der Waals surface area contributed by atoms with Crippen LogP contribution in [0.5, 0.6) is 5.75 Å². The minimum absolute atomic E-state index is 0.226. The quantitative estimate of drug-likeness (QED) is 0.575. The number of methoxy groups -OCH3 is 1. The largest absolute Gasteiger partial charge is 0.496 e. The third-order valence-electron chi connectivity index (χ3n) is 5.49. The minimum atomic E-state index is -3.52. The van der Waals surface area contributed by atoms with Crippen LogP contribution in [0.3, 0.4) is 0 Å². The van der Waals surface area contributed by atoms with E-state index in [9.17, 15) is 8.42 Å². The maximum Gasteiger partial charge on any atom is 0.215 e. The molecule has 1 aliphatic rings. The molecular formula is C23H26N2O3S2. The van der Waals surface area contributed by atoms with Gasteiger partial charge in [-0.3, -0.25) is 0 Å². The van der Waals surface area contributed by atoms with E-state index in [-0.39, 0.29) is 12.1 Å². The maximum atomic E-state index is 12.9.